The lowest BCUT2D eigenvalue weighted by Crippen LogP contribution is -2.44. The van der Waals surface area contributed by atoms with Crippen LogP contribution in [0.1, 0.15) is 106 Å². The number of rotatable bonds is 6. The number of nitrogens with one attached hydrogen (secondary N) is 2. The average Bonchev–Trinajstić information content (AvgIpc) is 3.21. The standard InChI is InChI=1S/C32H45N3O5S/c1-9-39-28(37)24-23-18-31(5,6)19-32(7,8)25(23)41-27(24)34-26(36)20-10-12-21(13-11-20)33-22-14-16-35(17-15-22)29(38)40-30(2,3)4/h10-13,22,33H,9,14-19H2,1-8H3,(H,34,36). The van der Waals surface area contributed by atoms with E-state index in [4.69, 9.17) is 9.47 Å². The highest BCUT2D eigenvalue weighted by Gasteiger charge is 2.42. The molecule has 9 heteroatoms. The molecule has 0 saturated carbocycles. The first-order chi connectivity index (χ1) is 19.1. The summed E-state index contributed by atoms with van der Waals surface area (Å²) in [5, 5.41) is 7.11. The number of esters is 1. The first-order valence-electron chi connectivity index (χ1n) is 14.6. The van der Waals surface area contributed by atoms with Crippen molar-refractivity contribution in [3.63, 3.8) is 0 Å². The summed E-state index contributed by atoms with van der Waals surface area (Å²) in [6, 6.07) is 7.60. The van der Waals surface area contributed by atoms with E-state index < -0.39 is 5.60 Å². The molecule has 0 spiro atoms. The van der Waals surface area contributed by atoms with Crippen LogP contribution in [0.25, 0.3) is 0 Å². The molecule has 2 aliphatic rings. The molecule has 2 heterocycles. The second-order valence-corrected chi connectivity index (χ2v) is 14.7. The van der Waals surface area contributed by atoms with E-state index in [9.17, 15) is 14.4 Å². The highest BCUT2D eigenvalue weighted by atomic mass is 32.1. The first kappa shape index (κ1) is 30.9. The number of amides is 2. The summed E-state index contributed by atoms with van der Waals surface area (Å²) >= 11 is 1.50. The van der Waals surface area contributed by atoms with Gasteiger partial charge in [0.1, 0.15) is 10.6 Å². The predicted octanol–water partition coefficient (Wildman–Crippen LogP) is 7.24. The van der Waals surface area contributed by atoms with Gasteiger partial charge in [-0.15, -0.1) is 11.3 Å². The molecule has 2 amide bonds. The molecule has 1 aliphatic heterocycles. The van der Waals surface area contributed by atoms with E-state index in [1.54, 1.807) is 24.0 Å². The Kier molecular flexibility index (Phi) is 8.79. The molecule has 0 radical (unpaired) electrons. The number of carbonyl (C=O) groups is 3. The van der Waals surface area contributed by atoms with Gasteiger partial charge in [0.15, 0.2) is 0 Å². The molecular weight excluding hydrogens is 538 g/mol. The van der Waals surface area contributed by atoms with Crippen molar-refractivity contribution >= 4 is 40.0 Å². The molecule has 41 heavy (non-hydrogen) atoms. The Morgan fingerprint density at radius 3 is 2.27 bits per heavy atom. The largest absolute Gasteiger partial charge is 0.462 e. The van der Waals surface area contributed by atoms with Crippen LogP contribution in [0.5, 0.6) is 0 Å². The molecule has 1 aliphatic carbocycles. The Labute approximate surface area is 248 Å². The van der Waals surface area contributed by atoms with E-state index in [-0.39, 0.29) is 41.4 Å². The second kappa shape index (κ2) is 11.7. The number of benzene rings is 1. The van der Waals surface area contributed by atoms with Crippen LogP contribution in [0.4, 0.5) is 15.5 Å². The highest BCUT2D eigenvalue weighted by molar-refractivity contribution is 7.17. The van der Waals surface area contributed by atoms with E-state index in [1.165, 1.54) is 11.3 Å². The normalized spacial score (nSPS) is 18.3. The number of hydrogen-bond acceptors (Lipinski definition) is 7. The number of anilines is 2. The smallest absolute Gasteiger partial charge is 0.410 e. The van der Waals surface area contributed by atoms with Crippen LogP contribution in [-0.4, -0.2) is 54.2 Å². The summed E-state index contributed by atoms with van der Waals surface area (Å²) in [6.45, 7) is 17.8. The Hall–Kier alpha value is -3.07. The van der Waals surface area contributed by atoms with Gasteiger partial charge in [-0.25, -0.2) is 9.59 Å². The fraction of sp³-hybridized carbons (Fsp3) is 0.594. The third-order valence-electron chi connectivity index (χ3n) is 7.57. The monoisotopic (exact) mass is 583 g/mol. The van der Waals surface area contributed by atoms with Crippen LogP contribution >= 0.6 is 11.3 Å². The average molecular weight is 584 g/mol. The van der Waals surface area contributed by atoms with E-state index in [0.717, 1.165) is 41.8 Å². The van der Waals surface area contributed by atoms with Crippen LogP contribution in [0, 0.1) is 5.41 Å². The van der Waals surface area contributed by atoms with Crippen molar-refractivity contribution in [3.8, 4) is 0 Å². The number of ether oxygens (including phenoxy) is 2. The molecule has 1 fully saturated rings. The molecule has 0 unspecified atom stereocenters. The molecule has 0 atom stereocenters. The molecule has 4 rings (SSSR count). The van der Waals surface area contributed by atoms with Crippen molar-refractivity contribution < 1.29 is 23.9 Å². The summed E-state index contributed by atoms with van der Waals surface area (Å²) in [5.41, 5.74) is 2.35. The van der Waals surface area contributed by atoms with Gasteiger partial charge in [-0.2, -0.15) is 0 Å². The van der Waals surface area contributed by atoms with Gasteiger partial charge in [-0.3, -0.25) is 4.79 Å². The maximum atomic E-state index is 13.3. The number of nitrogens with zero attached hydrogens (tertiary/aromatic N) is 1. The minimum absolute atomic E-state index is 0.0370. The molecule has 2 N–H and O–H groups in total. The molecule has 1 aromatic heterocycles. The first-order valence-corrected chi connectivity index (χ1v) is 15.4. The molecule has 1 aromatic carbocycles. The molecular formula is C32H45N3O5S. The van der Waals surface area contributed by atoms with Crippen molar-refractivity contribution in [1.29, 1.82) is 0 Å². The molecule has 1 saturated heterocycles. The number of fused-ring (bicyclic) bond motifs is 1. The Balaban J connectivity index is 1.43. The van der Waals surface area contributed by atoms with Gasteiger partial charge in [0.25, 0.3) is 5.91 Å². The number of thiophene rings is 1. The van der Waals surface area contributed by atoms with E-state index in [0.29, 0.717) is 29.2 Å². The third-order valence-corrected chi connectivity index (χ3v) is 9.08. The zero-order valence-electron chi connectivity index (χ0n) is 25.7. The maximum Gasteiger partial charge on any atom is 0.410 e. The predicted molar refractivity (Wildman–Crippen MR) is 164 cm³/mol. The van der Waals surface area contributed by atoms with E-state index >= 15 is 0 Å². The summed E-state index contributed by atoms with van der Waals surface area (Å²) < 4.78 is 10.9. The number of likely N-dealkylation sites (tertiary alicyclic amines) is 1. The van der Waals surface area contributed by atoms with Gasteiger partial charge in [0, 0.05) is 35.3 Å². The summed E-state index contributed by atoms with van der Waals surface area (Å²) in [7, 11) is 0. The van der Waals surface area contributed by atoms with Crippen molar-refractivity contribution in [2.24, 2.45) is 5.41 Å². The van der Waals surface area contributed by atoms with Crippen molar-refractivity contribution in [2.75, 3.05) is 30.3 Å². The SMILES string of the molecule is CCOC(=O)c1c(NC(=O)c2ccc(NC3CCN(C(=O)OC(C)(C)C)CC3)cc2)sc2c1CC(C)(C)CC2(C)C. The van der Waals surface area contributed by atoms with Crippen LogP contribution in [0.3, 0.4) is 0 Å². The van der Waals surface area contributed by atoms with Crippen molar-refractivity contribution in [2.45, 2.75) is 98.1 Å². The maximum absolute atomic E-state index is 13.3. The summed E-state index contributed by atoms with van der Waals surface area (Å²) in [4.78, 5) is 41.7. The summed E-state index contributed by atoms with van der Waals surface area (Å²) in [6.07, 6.45) is 3.13. The molecule has 2 aromatic rings. The lowest BCUT2D eigenvalue weighted by atomic mass is 9.65. The highest BCUT2D eigenvalue weighted by Crippen LogP contribution is 2.52. The quantitative estimate of drug-likeness (QED) is 0.348. The van der Waals surface area contributed by atoms with Gasteiger partial charge in [0.2, 0.25) is 0 Å². The van der Waals surface area contributed by atoms with E-state index in [1.807, 2.05) is 32.9 Å². The molecule has 224 valence electrons. The van der Waals surface area contributed by atoms with Gasteiger partial charge >= 0.3 is 12.1 Å². The second-order valence-electron chi connectivity index (χ2n) is 13.7. The lowest BCUT2D eigenvalue weighted by Gasteiger charge is -2.40. The van der Waals surface area contributed by atoms with Crippen LogP contribution in [0.2, 0.25) is 0 Å². The third kappa shape index (κ3) is 7.42. The Bertz CT molecular complexity index is 1280. The lowest BCUT2D eigenvalue weighted by molar-refractivity contribution is 0.0210. The Morgan fingerprint density at radius 2 is 1.68 bits per heavy atom. The minimum atomic E-state index is -0.503. The molecule has 0 bridgehead atoms. The van der Waals surface area contributed by atoms with Gasteiger partial charge in [-0.05, 0) is 94.0 Å². The van der Waals surface area contributed by atoms with Gasteiger partial charge in [0.05, 0.1) is 12.2 Å². The fourth-order valence-electron chi connectivity index (χ4n) is 6.17. The number of hydrogen-bond donors (Lipinski definition) is 2. The zero-order chi connectivity index (χ0) is 30.2. The number of piperidine rings is 1. The van der Waals surface area contributed by atoms with Crippen molar-refractivity contribution in [1.82, 2.24) is 4.90 Å². The number of carbonyl (C=O) groups excluding carboxylic acids is 3. The summed E-state index contributed by atoms with van der Waals surface area (Å²) in [5.74, 6) is -0.644. The minimum Gasteiger partial charge on any atom is -0.462 e. The van der Waals surface area contributed by atoms with Crippen LogP contribution in [0.15, 0.2) is 24.3 Å². The van der Waals surface area contributed by atoms with Crippen LogP contribution < -0.4 is 10.6 Å². The molecule has 8 nitrogen and oxygen atoms in total. The van der Waals surface area contributed by atoms with Crippen molar-refractivity contribution in [3.05, 3.63) is 45.8 Å². The zero-order valence-corrected chi connectivity index (χ0v) is 26.5. The topological polar surface area (TPSA) is 97.0 Å². The van der Waals surface area contributed by atoms with Gasteiger partial charge < -0.3 is 25.0 Å². The fourth-order valence-corrected chi connectivity index (χ4v) is 7.47. The Morgan fingerprint density at radius 1 is 1.05 bits per heavy atom. The van der Waals surface area contributed by atoms with E-state index in [2.05, 4.69) is 38.3 Å². The van der Waals surface area contributed by atoms with Crippen LogP contribution in [-0.2, 0) is 21.3 Å². The van der Waals surface area contributed by atoms with Gasteiger partial charge in [-0.1, -0.05) is 27.7 Å².